The van der Waals surface area contributed by atoms with Crippen LogP contribution in [-0.2, 0) is 6.42 Å². The zero-order valence-corrected chi connectivity index (χ0v) is 11.6. The summed E-state index contributed by atoms with van der Waals surface area (Å²) in [5.41, 5.74) is 1.05. The van der Waals surface area contributed by atoms with Crippen LogP contribution >= 0.6 is 11.6 Å². The van der Waals surface area contributed by atoms with Gasteiger partial charge in [-0.2, -0.15) is 0 Å². The number of nitrogens with zero attached hydrogens (tertiary/aromatic N) is 1. The fraction of sp³-hybridized carbons (Fsp3) is 0.133. The van der Waals surface area contributed by atoms with Gasteiger partial charge in [-0.3, -0.25) is 14.9 Å². The van der Waals surface area contributed by atoms with Crippen molar-refractivity contribution >= 4 is 23.1 Å². The highest BCUT2D eigenvalue weighted by Crippen LogP contribution is 2.37. The Morgan fingerprint density at radius 3 is 2.71 bits per heavy atom. The van der Waals surface area contributed by atoms with Crippen LogP contribution in [0.1, 0.15) is 22.3 Å². The van der Waals surface area contributed by atoms with Crippen LogP contribution in [0.15, 0.2) is 36.4 Å². The molecule has 0 radical (unpaired) electrons. The molecule has 1 aliphatic rings. The summed E-state index contributed by atoms with van der Waals surface area (Å²) in [4.78, 5) is 22.4. The molecule has 0 atom stereocenters. The van der Waals surface area contributed by atoms with Crippen LogP contribution in [-0.4, -0.2) is 10.7 Å². The number of aryl methyl sites for hydroxylation is 1. The van der Waals surface area contributed by atoms with Crippen molar-refractivity contribution < 1.29 is 14.5 Å². The first-order valence-corrected chi connectivity index (χ1v) is 6.70. The third kappa shape index (κ3) is 2.60. The van der Waals surface area contributed by atoms with Crippen molar-refractivity contribution in [3.8, 4) is 11.5 Å². The first-order valence-electron chi connectivity index (χ1n) is 6.32. The number of hydrogen-bond acceptors (Lipinski definition) is 4. The van der Waals surface area contributed by atoms with E-state index in [0.29, 0.717) is 34.7 Å². The molecule has 2 aromatic rings. The number of carbonyl (C=O) groups is 1. The summed E-state index contributed by atoms with van der Waals surface area (Å²) in [5, 5.41) is 11.6. The molecule has 0 fully saturated rings. The molecule has 5 nitrogen and oxygen atoms in total. The summed E-state index contributed by atoms with van der Waals surface area (Å²) in [6.45, 7) is 0. The van der Waals surface area contributed by atoms with E-state index in [1.54, 1.807) is 24.3 Å². The van der Waals surface area contributed by atoms with Crippen molar-refractivity contribution in [2.75, 3.05) is 0 Å². The fourth-order valence-electron chi connectivity index (χ4n) is 2.34. The minimum absolute atomic E-state index is 0.0177. The van der Waals surface area contributed by atoms with Crippen LogP contribution in [0.5, 0.6) is 11.5 Å². The molecular formula is C15H10ClNO4. The number of fused-ring (bicyclic) bond motifs is 1. The zero-order chi connectivity index (χ0) is 15.0. The van der Waals surface area contributed by atoms with Crippen molar-refractivity contribution in [2.45, 2.75) is 12.8 Å². The average molecular weight is 304 g/mol. The van der Waals surface area contributed by atoms with E-state index < -0.39 is 4.92 Å². The maximum Gasteiger partial charge on any atom is 0.311 e. The van der Waals surface area contributed by atoms with E-state index in [0.717, 1.165) is 0 Å². The normalized spacial score (nSPS) is 13.1. The standard InChI is InChI=1S/C15H10ClNO4/c16-10-2-1-3-11(7-10)21-15-8-12-9(4-5-14(12)18)6-13(15)17(19)20/h1-3,6-8H,4-5H2. The Kier molecular flexibility index (Phi) is 3.35. The predicted molar refractivity (Wildman–Crippen MR) is 77.3 cm³/mol. The molecule has 2 aromatic carbocycles. The Balaban J connectivity index is 2.06. The molecule has 3 rings (SSSR count). The third-order valence-electron chi connectivity index (χ3n) is 3.33. The van der Waals surface area contributed by atoms with Gasteiger partial charge in [0.1, 0.15) is 5.75 Å². The number of rotatable bonds is 3. The fourth-order valence-corrected chi connectivity index (χ4v) is 2.52. The SMILES string of the molecule is O=C1CCc2cc([N+](=O)[O-])c(Oc3cccc(Cl)c3)cc21. The number of nitro benzene ring substituents is 1. The topological polar surface area (TPSA) is 69.4 Å². The van der Waals surface area contributed by atoms with Crippen LogP contribution in [0.25, 0.3) is 0 Å². The van der Waals surface area contributed by atoms with Crippen LogP contribution in [0, 0.1) is 10.1 Å². The van der Waals surface area contributed by atoms with E-state index in [1.165, 1.54) is 12.1 Å². The molecule has 0 saturated heterocycles. The second-order valence-corrected chi connectivity index (χ2v) is 5.15. The molecule has 0 heterocycles. The average Bonchev–Trinajstić information content (AvgIpc) is 2.79. The summed E-state index contributed by atoms with van der Waals surface area (Å²) in [6.07, 6.45) is 0.916. The number of benzene rings is 2. The highest BCUT2D eigenvalue weighted by Gasteiger charge is 2.26. The smallest absolute Gasteiger partial charge is 0.311 e. The quantitative estimate of drug-likeness (QED) is 0.630. The van der Waals surface area contributed by atoms with Crippen LogP contribution < -0.4 is 4.74 Å². The predicted octanol–water partition coefficient (Wildman–Crippen LogP) is 4.17. The van der Waals surface area contributed by atoms with Gasteiger partial charge in [-0.15, -0.1) is 0 Å². The summed E-state index contributed by atoms with van der Waals surface area (Å²) in [6, 6.07) is 9.42. The third-order valence-corrected chi connectivity index (χ3v) is 3.56. The molecule has 0 spiro atoms. The number of halogens is 1. The van der Waals surface area contributed by atoms with Gasteiger partial charge in [0.05, 0.1) is 4.92 Å². The molecule has 0 aromatic heterocycles. The van der Waals surface area contributed by atoms with Gasteiger partial charge in [-0.25, -0.2) is 0 Å². The van der Waals surface area contributed by atoms with E-state index in [-0.39, 0.29) is 17.2 Å². The molecule has 0 unspecified atom stereocenters. The van der Waals surface area contributed by atoms with E-state index >= 15 is 0 Å². The summed E-state index contributed by atoms with van der Waals surface area (Å²) in [7, 11) is 0. The van der Waals surface area contributed by atoms with Crippen molar-refractivity contribution in [1.82, 2.24) is 0 Å². The molecule has 6 heteroatoms. The largest absolute Gasteiger partial charge is 0.450 e. The highest BCUT2D eigenvalue weighted by atomic mass is 35.5. The Labute approximate surface area is 125 Å². The second-order valence-electron chi connectivity index (χ2n) is 4.72. The number of carbonyl (C=O) groups excluding carboxylic acids is 1. The van der Waals surface area contributed by atoms with Crippen molar-refractivity contribution in [2.24, 2.45) is 0 Å². The monoisotopic (exact) mass is 303 g/mol. The lowest BCUT2D eigenvalue weighted by atomic mass is 10.1. The first kappa shape index (κ1) is 13.6. The molecule has 0 bridgehead atoms. The van der Waals surface area contributed by atoms with Gasteiger partial charge in [-0.05, 0) is 36.2 Å². The van der Waals surface area contributed by atoms with Gasteiger partial charge in [0, 0.05) is 23.1 Å². The zero-order valence-electron chi connectivity index (χ0n) is 10.8. The molecule has 1 aliphatic carbocycles. The molecule has 0 N–H and O–H groups in total. The molecule has 0 saturated carbocycles. The Morgan fingerprint density at radius 1 is 1.19 bits per heavy atom. The molecular weight excluding hydrogens is 294 g/mol. The second kappa shape index (κ2) is 5.18. The minimum atomic E-state index is -0.511. The Bertz CT molecular complexity index is 757. The van der Waals surface area contributed by atoms with E-state index in [1.807, 2.05) is 0 Å². The lowest BCUT2D eigenvalue weighted by Crippen LogP contribution is -1.98. The number of hydrogen-bond donors (Lipinski definition) is 0. The summed E-state index contributed by atoms with van der Waals surface area (Å²) < 4.78 is 5.55. The molecule has 21 heavy (non-hydrogen) atoms. The number of Topliss-reactive ketones (excluding diaryl/α,β-unsaturated/α-hetero) is 1. The van der Waals surface area contributed by atoms with Gasteiger partial charge in [0.25, 0.3) is 0 Å². The van der Waals surface area contributed by atoms with Gasteiger partial charge < -0.3 is 4.74 Å². The van der Waals surface area contributed by atoms with Crippen molar-refractivity contribution in [3.63, 3.8) is 0 Å². The number of ether oxygens (including phenoxy) is 1. The van der Waals surface area contributed by atoms with Crippen LogP contribution in [0.4, 0.5) is 5.69 Å². The van der Waals surface area contributed by atoms with E-state index in [2.05, 4.69) is 0 Å². The maximum absolute atomic E-state index is 11.8. The Morgan fingerprint density at radius 2 is 2.00 bits per heavy atom. The Hall–Kier alpha value is -2.40. The number of nitro groups is 1. The highest BCUT2D eigenvalue weighted by molar-refractivity contribution is 6.30. The van der Waals surface area contributed by atoms with Gasteiger partial charge in [0.2, 0.25) is 5.75 Å². The first-order chi connectivity index (χ1) is 10.0. The van der Waals surface area contributed by atoms with Crippen molar-refractivity contribution in [3.05, 3.63) is 62.7 Å². The molecule has 106 valence electrons. The van der Waals surface area contributed by atoms with Crippen LogP contribution in [0.2, 0.25) is 5.02 Å². The summed E-state index contributed by atoms with van der Waals surface area (Å²) >= 11 is 5.86. The van der Waals surface area contributed by atoms with Gasteiger partial charge >= 0.3 is 5.69 Å². The van der Waals surface area contributed by atoms with E-state index in [4.69, 9.17) is 16.3 Å². The van der Waals surface area contributed by atoms with Gasteiger partial charge in [0.15, 0.2) is 5.78 Å². The van der Waals surface area contributed by atoms with Crippen molar-refractivity contribution in [1.29, 1.82) is 0 Å². The lowest BCUT2D eigenvalue weighted by Gasteiger charge is -2.08. The number of ketones is 1. The lowest BCUT2D eigenvalue weighted by molar-refractivity contribution is -0.385. The molecule has 0 aliphatic heterocycles. The summed E-state index contributed by atoms with van der Waals surface area (Å²) in [5.74, 6) is 0.420. The van der Waals surface area contributed by atoms with Gasteiger partial charge in [-0.1, -0.05) is 17.7 Å². The maximum atomic E-state index is 11.8. The van der Waals surface area contributed by atoms with Crippen LogP contribution in [0.3, 0.4) is 0 Å². The minimum Gasteiger partial charge on any atom is -0.450 e. The van der Waals surface area contributed by atoms with E-state index in [9.17, 15) is 14.9 Å². The molecule has 0 amide bonds.